The van der Waals surface area contributed by atoms with Crippen molar-refractivity contribution in [2.75, 3.05) is 6.61 Å². The van der Waals surface area contributed by atoms with E-state index in [1.165, 1.54) is 13.8 Å². The predicted octanol–water partition coefficient (Wildman–Crippen LogP) is 3.31. The summed E-state index contributed by atoms with van der Waals surface area (Å²) in [5.41, 5.74) is -0.367. The number of ether oxygens (including phenoxy) is 2. The standard InChI is InChI=1S/C13H15F5N2O3/c1-3-22-11(21)9-7(2)10(23-13(16,17)18)19-20(9)6-8-4-12(14,15)5-8/h8H,3-6H2,1-2H3. The third kappa shape index (κ3) is 4.11. The molecule has 0 saturated heterocycles. The molecule has 0 N–H and O–H groups in total. The summed E-state index contributed by atoms with van der Waals surface area (Å²) in [6, 6.07) is 0. The molecule has 0 aliphatic heterocycles. The summed E-state index contributed by atoms with van der Waals surface area (Å²) in [6.07, 6.45) is -5.77. The summed E-state index contributed by atoms with van der Waals surface area (Å²) in [7, 11) is 0. The smallest absolute Gasteiger partial charge is 0.461 e. The van der Waals surface area contributed by atoms with Crippen LogP contribution in [0.3, 0.4) is 0 Å². The molecule has 1 aromatic rings. The van der Waals surface area contributed by atoms with Gasteiger partial charge < -0.3 is 9.47 Å². The lowest BCUT2D eigenvalue weighted by molar-refractivity contribution is -0.276. The molecule has 10 heteroatoms. The van der Waals surface area contributed by atoms with E-state index in [0.29, 0.717) is 0 Å². The molecule has 1 fully saturated rings. The quantitative estimate of drug-likeness (QED) is 0.609. The number of rotatable bonds is 5. The first-order chi connectivity index (χ1) is 10.5. The second-order valence-electron chi connectivity index (χ2n) is 5.36. The molecule has 0 spiro atoms. The summed E-state index contributed by atoms with van der Waals surface area (Å²) < 4.78 is 72.4. The second-order valence-corrected chi connectivity index (χ2v) is 5.36. The molecule has 0 amide bonds. The molecule has 0 aromatic carbocycles. The van der Waals surface area contributed by atoms with Gasteiger partial charge in [-0.3, -0.25) is 4.68 Å². The van der Waals surface area contributed by atoms with Gasteiger partial charge in [-0.2, -0.15) is 0 Å². The molecule has 23 heavy (non-hydrogen) atoms. The number of halogens is 5. The number of hydrogen-bond acceptors (Lipinski definition) is 4. The van der Waals surface area contributed by atoms with Gasteiger partial charge in [0.05, 0.1) is 6.61 Å². The van der Waals surface area contributed by atoms with Crippen molar-refractivity contribution in [2.45, 2.75) is 45.5 Å². The summed E-state index contributed by atoms with van der Waals surface area (Å²) in [5, 5.41) is 3.60. The van der Waals surface area contributed by atoms with Crippen molar-refractivity contribution >= 4 is 5.97 Å². The van der Waals surface area contributed by atoms with Gasteiger partial charge in [0.25, 0.3) is 0 Å². The summed E-state index contributed by atoms with van der Waals surface area (Å²) in [6.45, 7) is 2.67. The molecular weight excluding hydrogens is 327 g/mol. The monoisotopic (exact) mass is 342 g/mol. The van der Waals surface area contributed by atoms with Crippen LogP contribution in [0.5, 0.6) is 5.88 Å². The Hall–Kier alpha value is -1.87. The molecule has 0 unspecified atom stereocenters. The lowest BCUT2D eigenvalue weighted by Gasteiger charge is -2.34. The van der Waals surface area contributed by atoms with Crippen molar-refractivity contribution in [1.29, 1.82) is 0 Å². The van der Waals surface area contributed by atoms with Crippen LogP contribution in [-0.4, -0.2) is 34.6 Å². The van der Waals surface area contributed by atoms with Gasteiger partial charge in [-0.15, -0.1) is 18.3 Å². The van der Waals surface area contributed by atoms with Gasteiger partial charge >= 0.3 is 12.3 Å². The van der Waals surface area contributed by atoms with E-state index < -0.39 is 42.9 Å². The average molecular weight is 342 g/mol. The molecule has 1 aliphatic carbocycles. The van der Waals surface area contributed by atoms with E-state index in [0.717, 1.165) is 4.68 Å². The van der Waals surface area contributed by atoms with Crippen molar-refractivity contribution in [3.63, 3.8) is 0 Å². The lowest BCUT2D eigenvalue weighted by atomic mass is 9.81. The van der Waals surface area contributed by atoms with E-state index in [4.69, 9.17) is 4.74 Å². The van der Waals surface area contributed by atoms with Crippen LogP contribution >= 0.6 is 0 Å². The Labute approximate surface area is 128 Å². The Morgan fingerprint density at radius 1 is 1.39 bits per heavy atom. The summed E-state index contributed by atoms with van der Waals surface area (Å²) >= 11 is 0. The number of nitrogens with zero attached hydrogens (tertiary/aromatic N) is 2. The van der Waals surface area contributed by atoms with Crippen LogP contribution in [0.4, 0.5) is 22.0 Å². The Morgan fingerprint density at radius 2 is 2.00 bits per heavy atom. The van der Waals surface area contributed by atoms with Crippen molar-refractivity contribution in [3.05, 3.63) is 11.3 Å². The van der Waals surface area contributed by atoms with E-state index in [-0.39, 0.29) is 24.4 Å². The van der Waals surface area contributed by atoms with Crippen molar-refractivity contribution < 1.29 is 36.2 Å². The van der Waals surface area contributed by atoms with Crippen molar-refractivity contribution in [2.24, 2.45) is 5.92 Å². The maximum Gasteiger partial charge on any atom is 0.574 e. The number of alkyl halides is 5. The highest BCUT2D eigenvalue weighted by molar-refractivity contribution is 5.89. The highest BCUT2D eigenvalue weighted by Crippen LogP contribution is 2.43. The molecular formula is C13H15F5N2O3. The first kappa shape index (κ1) is 17.5. The first-order valence-electron chi connectivity index (χ1n) is 6.90. The Kier molecular flexibility index (Phi) is 4.54. The van der Waals surface area contributed by atoms with Gasteiger partial charge in [-0.1, -0.05) is 0 Å². The van der Waals surface area contributed by atoms with Gasteiger partial charge in [0.2, 0.25) is 11.8 Å². The fourth-order valence-electron chi connectivity index (χ4n) is 2.48. The number of aromatic nitrogens is 2. The molecule has 5 nitrogen and oxygen atoms in total. The van der Waals surface area contributed by atoms with Gasteiger partial charge in [-0.05, 0) is 19.8 Å². The predicted molar refractivity (Wildman–Crippen MR) is 67.3 cm³/mol. The van der Waals surface area contributed by atoms with Crippen LogP contribution < -0.4 is 4.74 Å². The van der Waals surface area contributed by atoms with E-state index in [1.807, 2.05) is 0 Å². The number of hydrogen-bond donors (Lipinski definition) is 0. The van der Waals surface area contributed by atoms with E-state index in [2.05, 4.69) is 9.84 Å². The maximum atomic E-state index is 12.9. The molecule has 130 valence electrons. The van der Waals surface area contributed by atoms with Crippen LogP contribution in [0.15, 0.2) is 0 Å². The Balaban J connectivity index is 2.27. The van der Waals surface area contributed by atoms with E-state index >= 15 is 0 Å². The van der Waals surface area contributed by atoms with Gasteiger partial charge in [-0.25, -0.2) is 13.6 Å². The molecule has 0 bridgehead atoms. The molecule has 1 saturated carbocycles. The topological polar surface area (TPSA) is 53.4 Å². The van der Waals surface area contributed by atoms with E-state index in [9.17, 15) is 26.7 Å². The molecule has 1 aromatic heterocycles. The minimum Gasteiger partial charge on any atom is -0.461 e. The van der Waals surface area contributed by atoms with Crippen molar-refractivity contribution in [1.82, 2.24) is 9.78 Å². The van der Waals surface area contributed by atoms with Crippen LogP contribution in [0.2, 0.25) is 0 Å². The zero-order valence-corrected chi connectivity index (χ0v) is 12.4. The Morgan fingerprint density at radius 3 is 2.48 bits per heavy atom. The van der Waals surface area contributed by atoms with Crippen molar-refractivity contribution in [3.8, 4) is 5.88 Å². The fraction of sp³-hybridized carbons (Fsp3) is 0.692. The molecule has 0 atom stereocenters. The van der Waals surface area contributed by atoms with E-state index in [1.54, 1.807) is 0 Å². The maximum absolute atomic E-state index is 12.9. The third-order valence-electron chi connectivity index (χ3n) is 3.43. The van der Waals surface area contributed by atoms with Gasteiger partial charge in [0, 0.05) is 24.9 Å². The number of carbonyl (C=O) groups is 1. The second kappa shape index (κ2) is 5.97. The van der Waals surface area contributed by atoms with Crippen LogP contribution in [0, 0.1) is 12.8 Å². The number of carbonyl (C=O) groups excluding carboxylic acids is 1. The fourth-order valence-corrected chi connectivity index (χ4v) is 2.48. The summed E-state index contributed by atoms with van der Waals surface area (Å²) in [4.78, 5) is 11.9. The average Bonchev–Trinajstić information content (AvgIpc) is 2.62. The molecule has 2 rings (SSSR count). The first-order valence-corrected chi connectivity index (χ1v) is 6.90. The lowest BCUT2D eigenvalue weighted by Crippen LogP contribution is -2.38. The minimum absolute atomic E-state index is 0.0143. The minimum atomic E-state index is -4.97. The third-order valence-corrected chi connectivity index (χ3v) is 3.43. The van der Waals surface area contributed by atoms with Gasteiger partial charge in [0.15, 0.2) is 5.69 Å². The Bertz CT molecular complexity index is 589. The highest BCUT2D eigenvalue weighted by atomic mass is 19.4. The number of esters is 1. The van der Waals surface area contributed by atoms with Crippen LogP contribution in [0.25, 0.3) is 0 Å². The zero-order valence-electron chi connectivity index (χ0n) is 12.4. The molecule has 1 aliphatic rings. The molecule has 1 heterocycles. The van der Waals surface area contributed by atoms with Crippen LogP contribution in [-0.2, 0) is 11.3 Å². The largest absolute Gasteiger partial charge is 0.574 e. The van der Waals surface area contributed by atoms with Crippen LogP contribution in [0.1, 0.15) is 35.8 Å². The van der Waals surface area contributed by atoms with Gasteiger partial charge in [0.1, 0.15) is 0 Å². The SMILES string of the molecule is CCOC(=O)c1c(C)c(OC(F)(F)F)nn1CC1CC(F)(F)C1. The molecule has 0 radical (unpaired) electrons. The normalized spacial score (nSPS) is 17.7. The summed E-state index contributed by atoms with van der Waals surface area (Å²) in [5.74, 6) is -4.91. The zero-order chi connectivity index (χ0) is 17.4. The highest BCUT2D eigenvalue weighted by Gasteiger charge is 2.46.